The van der Waals surface area contributed by atoms with Gasteiger partial charge in [-0.15, -0.1) is 0 Å². The van der Waals surface area contributed by atoms with Crippen molar-refractivity contribution in [2.24, 2.45) is 0 Å². The van der Waals surface area contributed by atoms with Gasteiger partial charge in [0.2, 0.25) is 0 Å². The maximum Gasteiger partial charge on any atom is 0.407 e. The number of nitriles is 1. The van der Waals surface area contributed by atoms with E-state index in [1.807, 2.05) is 6.07 Å². The summed E-state index contributed by atoms with van der Waals surface area (Å²) in [5, 5.41) is 18.4. The zero-order valence-corrected chi connectivity index (χ0v) is 11.2. The van der Waals surface area contributed by atoms with Crippen LogP contribution >= 0.6 is 11.6 Å². The number of piperidine rings is 1. The van der Waals surface area contributed by atoms with E-state index in [1.165, 1.54) is 17.0 Å². The number of nitrogens with zero attached hydrogens (tertiary/aromatic N) is 2. The van der Waals surface area contributed by atoms with Crippen LogP contribution in [0.25, 0.3) is 0 Å². The van der Waals surface area contributed by atoms with Crippen LogP contribution in [0, 0.1) is 17.1 Å². The maximum absolute atomic E-state index is 13.2. The van der Waals surface area contributed by atoms with Gasteiger partial charge in [-0.3, -0.25) is 0 Å². The van der Waals surface area contributed by atoms with Gasteiger partial charge in [0.1, 0.15) is 17.6 Å². The van der Waals surface area contributed by atoms with Crippen molar-refractivity contribution < 1.29 is 19.0 Å². The third-order valence-electron chi connectivity index (χ3n) is 3.24. The maximum atomic E-state index is 13.2. The fraction of sp³-hybridized carbons (Fsp3) is 0.385. The van der Waals surface area contributed by atoms with E-state index in [-0.39, 0.29) is 36.7 Å². The third-order valence-corrected chi connectivity index (χ3v) is 3.56. The topological polar surface area (TPSA) is 73.6 Å². The predicted octanol–water partition coefficient (Wildman–Crippen LogP) is 2.89. The summed E-state index contributed by atoms with van der Waals surface area (Å²) in [4.78, 5) is 12.1. The van der Waals surface area contributed by atoms with Crippen LogP contribution in [-0.2, 0) is 0 Å². The molecule has 1 fully saturated rings. The second kappa shape index (κ2) is 5.55. The van der Waals surface area contributed by atoms with E-state index in [1.54, 1.807) is 0 Å². The lowest BCUT2D eigenvalue weighted by atomic mass is 9.93. The lowest BCUT2D eigenvalue weighted by Crippen LogP contribution is -2.48. The lowest BCUT2D eigenvalue weighted by Gasteiger charge is -2.36. The molecule has 1 N–H and O–H groups in total. The standard InChI is InChI=1S/C13H12ClFN2O3/c14-10-2-1-9(15)7-11(10)20-13(8-16)3-5-17(6-4-13)12(18)19/h1-2,7H,3-6H2,(H,18,19). The van der Waals surface area contributed by atoms with Crippen molar-refractivity contribution in [1.82, 2.24) is 4.90 Å². The Morgan fingerprint density at radius 3 is 2.70 bits per heavy atom. The van der Waals surface area contributed by atoms with Gasteiger partial charge >= 0.3 is 6.09 Å². The molecular weight excluding hydrogens is 287 g/mol. The molecule has 1 heterocycles. The van der Waals surface area contributed by atoms with Crippen LogP contribution in [0.4, 0.5) is 9.18 Å². The molecule has 1 aliphatic heterocycles. The Morgan fingerprint density at radius 1 is 1.50 bits per heavy atom. The van der Waals surface area contributed by atoms with Crippen LogP contribution in [0.2, 0.25) is 5.02 Å². The molecule has 0 bridgehead atoms. The molecule has 1 aromatic rings. The smallest absolute Gasteiger partial charge is 0.407 e. The average Bonchev–Trinajstić information content (AvgIpc) is 2.43. The van der Waals surface area contributed by atoms with Crippen molar-refractivity contribution in [3.8, 4) is 11.8 Å². The molecule has 1 aromatic carbocycles. The quantitative estimate of drug-likeness (QED) is 0.911. The molecule has 0 aromatic heterocycles. The number of likely N-dealkylation sites (tertiary alicyclic amines) is 1. The Kier molecular flexibility index (Phi) is 4.00. The molecule has 0 radical (unpaired) electrons. The fourth-order valence-electron chi connectivity index (χ4n) is 2.06. The monoisotopic (exact) mass is 298 g/mol. The minimum Gasteiger partial charge on any atom is -0.471 e. The summed E-state index contributed by atoms with van der Waals surface area (Å²) in [6.07, 6.45) is -0.606. The van der Waals surface area contributed by atoms with Crippen molar-refractivity contribution in [2.75, 3.05) is 13.1 Å². The predicted molar refractivity (Wildman–Crippen MR) is 69.2 cm³/mol. The Bertz CT molecular complexity index is 565. The first kappa shape index (κ1) is 14.4. The van der Waals surface area contributed by atoms with Crippen LogP contribution in [0.15, 0.2) is 18.2 Å². The van der Waals surface area contributed by atoms with Crippen molar-refractivity contribution in [1.29, 1.82) is 5.26 Å². The molecule has 7 heteroatoms. The highest BCUT2D eigenvalue weighted by atomic mass is 35.5. The first-order chi connectivity index (χ1) is 9.46. The van der Waals surface area contributed by atoms with E-state index < -0.39 is 17.5 Å². The number of carbonyl (C=O) groups is 1. The van der Waals surface area contributed by atoms with E-state index in [0.717, 1.165) is 6.07 Å². The van der Waals surface area contributed by atoms with Gasteiger partial charge in [0, 0.05) is 32.0 Å². The van der Waals surface area contributed by atoms with Gasteiger partial charge < -0.3 is 14.7 Å². The summed E-state index contributed by atoms with van der Waals surface area (Å²) in [5.74, 6) is -0.419. The SMILES string of the molecule is N#CC1(Oc2cc(F)ccc2Cl)CCN(C(=O)O)CC1. The molecule has 0 spiro atoms. The number of halogens is 2. The number of benzene rings is 1. The van der Waals surface area contributed by atoms with E-state index in [0.29, 0.717) is 0 Å². The largest absolute Gasteiger partial charge is 0.471 e. The highest BCUT2D eigenvalue weighted by molar-refractivity contribution is 6.32. The van der Waals surface area contributed by atoms with Crippen LogP contribution < -0.4 is 4.74 Å². The number of rotatable bonds is 2. The minimum absolute atomic E-state index is 0.0944. The van der Waals surface area contributed by atoms with Crippen LogP contribution in [-0.4, -0.2) is 34.8 Å². The van der Waals surface area contributed by atoms with Gasteiger partial charge in [0.05, 0.1) is 5.02 Å². The number of amides is 1. The summed E-state index contributed by atoms with van der Waals surface area (Å²) in [7, 11) is 0. The Morgan fingerprint density at radius 2 is 2.15 bits per heavy atom. The molecular formula is C13H12ClFN2O3. The van der Waals surface area contributed by atoms with Gasteiger partial charge in [-0.25, -0.2) is 9.18 Å². The second-order valence-corrected chi connectivity index (χ2v) is 4.96. The first-order valence-corrected chi connectivity index (χ1v) is 6.37. The van der Waals surface area contributed by atoms with Crippen molar-refractivity contribution >= 4 is 17.7 Å². The Labute approximate surface area is 120 Å². The summed E-state index contributed by atoms with van der Waals surface area (Å²) in [5.41, 5.74) is -1.18. The van der Waals surface area contributed by atoms with E-state index in [9.17, 15) is 14.4 Å². The molecule has 20 heavy (non-hydrogen) atoms. The van der Waals surface area contributed by atoms with Crippen LogP contribution in [0.3, 0.4) is 0 Å². The molecule has 1 amide bonds. The highest BCUT2D eigenvalue weighted by Crippen LogP contribution is 2.33. The molecule has 0 saturated carbocycles. The molecule has 0 atom stereocenters. The minimum atomic E-state index is -1.18. The summed E-state index contributed by atoms with van der Waals surface area (Å²) < 4.78 is 18.8. The van der Waals surface area contributed by atoms with Crippen LogP contribution in [0.5, 0.6) is 5.75 Å². The average molecular weight is 299 g/mol. The molecule has 0 unspecified atom stereocenters. The van der Waals surface area contributed by atoms with Gasteiger partial charge in [-0.1, -0.05) is 11.6 Å². The molecule has 0 aliphatic carbocycles. The zero-order chi connectivity index (χ0) is 14.8. The molecule has 2 rings (SSSR count). The number of hydrogen-bond donors (Lipinski definition) is 1. The van der Waals surface area contributed by atoms with Crippen molar-refractivity contribution in [3.05, 3.63) is 29.0 Å². The van der Waals surface area contributed by atoms with E-state index >= 15 is 0 Å². The summed E-state index contributed by atoms with van der Waals surface area (Å²) >= 11 is 5.91. The Hall–Kier alpha value is -2.00. The van der Waals surface area contributed by atoms with Gasteiger partial charge in [-0.2, -0.15) is 5.26 Å². The molecule has 5 nitrogen and oxygen atoms in total. The first-order valence-electron chi connectivity index (χ1n) is 5.99. The van der Waals surface area contributed by atoms with Gasteiger partial charge in [0.25, 0.3) is 0 Å². The van der Waals surface area contributed by atoms with Crippen LogP contribution in [0.1, 0.15) is 12.8 Å². The highest BCUT2D eigenvalue weighted by Gasteiger charge is 2.38. The zero-order valence-electron chi connectivity index (χ0n) is 10.5. The lowest BCUT2D eigenvalue weighted by molar-refractivity contribution is 0.0468. The summed E-state index contributed by atoms with van der Waals surface area (Å²) in [6, 6.07) is 5.71. The molecule has 1 aliphatic rings. The fourth-order valence-corrected chi connectivity index (χ4v) is 2.22. The van der Waals surface area contributed by atoms with Crippen molar-refractivity contribution in [3.63, 3.8) is 0 Å². The van der Waals surface area contributed by atoms with E-state index in [4.69, 9.17) is 21.4 Å². The van der Waals surface area contributed by atoms with Gasteiger partial charge in [-0.05, 0) is 12.1 Å². The second-order valence-electron chi connectivity index (χ2n) is 4.55. The van der Waals surface area contributed by atoms with E-state index in [2.05, 4.69) is 0 Å². The van der Waals surface area contributed by atoms with Crippen molar-refractivity contribution in [2.45, 2.75) is 18.4 Å². The number of carboxylic acid groups (broad SMARTS) is 1. The number of ether oxygens (including phenoxy) is 1. The number of hydrogen-bond acceptors (Lipinski definition) is 3. The van der Waals surface area contributed by atoms with Gasteiger partial charge in [0.15, 0.2) is 5.60 Å². The summed E-state index contributed by atoms with van der Waals surface area (Å²) in [6.45, 7) is 0.381. The molecule has 1 saturated heterocycles. The normalized spacial score (nSPS) is 17.4. The molecule has 106 valence electrons. The Balaban J connectivity index is 2.16. The third kappa shape index (κ3) is 2.94.